The summed E-state index contributed by atoms with van der Waals surface area (Å²) in [7, 11) is 0. The van der Waals surface area contributed by atoms with Gasteiger partial charge >= 0.3 is 0 Å². The second-order valence-electron chi connectivity index (χ2n) is 5.33. The Morgan fingerprint density at radius 3 is 2.86 bits per heavy atom. The molecule has 4 heteroatoms. The minimum atomic E-state index is -0.734. The monoisotopic (exact) mass is 345 g/mol. The largest absolute Gasteiger partial charge is 0.384 e. The molecule has 2 aromatic carbocycles. The van der Waals surface area contributed by atoms with Crippen molar-refractivity contribution in [1.82, 2.24) is 5.32 Å². The third kappa shape index (κ3) is 2.74. The van der Waals surface area contributed by atoms with E-state index in [9.17, 15) is 9.90 Å². The number of aliphatic hydroxyl groups excluding tert-OH is 1. The number of carbonyl (C=O) groups excluding carboxylic acids is 1. The molecule has 2 aromatic rings. The summed E-state index contributed by atoms with van der Waals surface area (Å²) in [5.74, 6) is -0.0590. The van der Waals surface area contributed by atoms with Crippen LogP contribution in [0.3, 0.4) is 0 Å². The van der Waals surface area contributed by atoms with Crippen molar-refractivity contribution in [2.75, 3.05) is 6.54 Å². The van der Waals surface area contributed by atoms with Gasteiger partial charge in [-0.15, -0.1) is 0 Å². The Labute approximate surface area is 132 Å². The first kappa shape index (κ1) is 14.3. The van der Waals surface area contributed by atoms with Crippen LogP contribution in [0.25, 0.3) is 0 Å². The van der Waals surface area contributed by atoms with Crippen LogP contribution in [0.5, 0.6) is 0 Å². The molecule has 3 nitrogen and oxygen atoms in total. The third-order valence-corrected chi connectivity index (χ3v) is 4.40. The van der Waals surface area contributed by atoms with E-state index in [1.54, 1.807) is 6.07 Å². The highest BCUT2D eigenvalue weighted by Gasteiger charge is 2.20. The lowest BCUT2D eigenvalue weighted by molar-refractivity contribution is 0.0945. The van der Waals surface area contributed by atoms with Gasteiger partial charge in [0.05, 0.1) is 0 Å². The average Bonchev–Trinajstić information content (AvgIpc) is 2.49. The van der Waals surface area contributed by atoms with Crippen molar-refractivity contribution in [3.05, 3.63) is 68.7 Å². The van der Waals surface area contributed by atoms with Crippen LogP contribution >= 0.6 is 15.9 Å². The molecule has 1 atom stereocenters. The van der Waals surface area contributed by atoms with E-state index in [4.69, 9.17) is 0 Å². The van der Waals surface area contributed by atoms with Gasteiger partial charge in [-0.1, -0.05) is 34.1 Å². The Morgan fingerprint density at radius 2 is 2.05 bits per heavy atom. The van der Waals surface area contributed by atoms with Gasteiger partial charge in [-0.3, -0.25) is 4.79 Å². The summed E-state index contributed by atoms with van der Waals surface area (Å²) >= 11 is 3.43. The normalized spacial score (nSPS) is 15.3. The van der Waals surface area contributed by atoms with Crippen LogP contribution in [0.4, 0.5) is 0 Å². The van der Waals surface area contributed by atoms with E-state index in [0.717, 1.165) is 33.1 Å². The van der Waals surface area contributed by atoms with Crippen LogP contribution in [0.2, 0.25) is 0 Å². The first-order valence-electron chi connectivity index (χ1n) is 6.91. The molecular weight excluding hydrogens is 330 g/mol. The maximum absolute atomic E-state index is 11.9. The van der Waals surface area contributed by atoms with Gasteiger partial charge in [0.1, 0.15) is 6.10 Å². The number of carbonyl (C=O) groups is 1. The maximum atomic E-state index is 11.9. The van der Waals surface area contributed by atoms with E-state index in [-0.39, 0.29) is 5.91 Å². The number of halogens is 1. The predicted molar refractivity (Wildman–Crippen MR) is 85.4 cm³/mol. The smallest absolute Gasteiger partial charge is 0.251 e. The van der Waals surface area contributed by atoms with E-state index < -0.39 is 6.10 Å². The fraction of sp³-hybridized carbons (Fsp3) is 0.235. The van der Waals surface area contributed by atoms with Crippen LogP contribution in [0.15, 0.2) is 40.9 Å². The molecular formula is C17H16BrNO2. The Morgan fingerprint density at radius 1 is 1.24 bits per heavy atom. The lowest BCUT2D eigenvalue weighted by Crippen LogP contribution is -2.31. The fourth-order valence-corrected chi connectivity index (χ4v) is 3.06. The summed E-state index contributed by atoms with van der Waals surface area (Å²) in [6.07, 6.45) is 0.107. The van der Waals surface area contributed by atoms with E-state index in [1.807, 2.05) is 37.3 Å². The molecule has 0 fully saturated rings. The maximum Gasteiger partial charge on any atom is 0.251 e. The number of hydrogen-bond donors (Lipinski definition) is 2. The molecule has 0 saturated carbocycles. The SMILES string of the molecule is Cc1ccc(Br)cc1C(O)c1ccc2c(c1)C(=O)NCC2. The molecule has 1 aliphatic heterocycles. The summed E-state index contributed by atoms with van der Waals surface area (Å²) in [5, 5.41) is 13.5. The zero-order chi connectivity index (χ0) is 15.0. The molecule has 0 radical (unpaired) electrons. The highest BCUT2D eigenvalue weighted by molar-refractivity contribution is 9.10. The molecule has 2 N–H and O–H groups in total. The molecule has 0 aliphatic carbocycles. The van der Waals surface area contributed by atoms with Gasteiger partial charge in [0.2, 0.25) is 0 Å². The van der Waals surface area contributed by atoms with Gasteiger partial charge in [0.25, 0.3) is 5.91 Å². The minimum absolute atomic E-state index is 0.0590. The standard InChI is InChI=1S/C17H16BrNO2/c1-10-2-5-13(18)9-14(10)16(20)12-4-3-11-6-7-19-17(21)15(11)8-12/h2-5,8-9,16,20H,6-7H2,1H3,(H,19,21). The molecule has 0 bridgehead atoms. The first-order valence-corrected chi connectivity index (χ1v) is 7.70. The predicted octanol–water partition coefficient (Wildman–Crippen LogP) is 3.13. The molecule has 1 heterocycles. The zero-order valence-electron chi connectivity index (χ0n) is 11.7. The van der Waals surface area contributed by atoms with Crippen molar-refractivity contribution in [1.29, 1.82) is 0 Å². The quantitative estimate of drug-likeness (QED) is 0.878. The van der Waals surface area contributed by atoms with Crippen LogP contribution in [0.1, 0.15) is 38.7 Å². The highest BCUT2D eigenvalue weighted by Crippen LogP contribution is 2.29. The van der Waals surface area contributed by atoms with Gasteiger partial charge in [-0.2, -0.15) is 0 Å². The number of rotatable bonds is 2. The Bertz CT molecular complexity index is 712. The van der Waals surface area contributed by atoms with Crippen LogP contribution in [0, 0.1) is 6.92 Å². The van der Waals surface area contributed by atoms with Crippen LogP contribution < -0.4 is 5.32 Å². The molecule has 0 aromatic heterocycles. The van der Waals surface area contributed by atoms with Gasteiger partial charge in [0, 0.05) is 16.6 Å². The minimum Gasteiger partial charge on any atom is -0.384 e. The highest BCUT2D eigenvalue weighted by atomic mass is 79.9. The van der Waals surface area contributed by atoms with E-state index in [0.29, 0.717) is 12.1 Å². The molecule has 1 unspecified atom stereocenters. The molecule has 1 amide bonds. The number of amides is 1. The van der Waals surface area contributed by atoms with Crippen molar-refractivity contribution >= 4 is 21.8 Å². The third-order valence-electron chi connectivity index (χ3n) is 3.91. The summed E-state index contributed by atoms with van der Waals surface area (Å²) in [5.41, 5.74) is 4.33. The Kier molecular flexibility index (Phi) is 3.83. The zero-order valence-corrected chi connectivity index (χ0v) is 13.3. The molecule has 0 saturated heterocycles. The number of aryl methyl sites for hydroxylation is 1. The average molecular weight is 346 g/mol. The summed E-state index contributed by atoms with van der Waals surface area (Å²) in [6, 6.07) is 11.5. The van der Waals surface area contributed by atoms with Crippen molar-refractivity contribution in [3.8, 4) is 0 Å². The van der Waals surface area contributed by atoms with Crippen molar-refractivity contribution in [2.45, 2.75) is 19.4 Å². The lowest BCUT2D eigenvalue weighted by Gasteiger charge is -2.20. The Hall–Kier alpha value is -1.65. The molecule has 21 heavy (non-hydrogen) atoms. The molecule has 1 aliphatic rings. The van der Waals surface area contributed by atoms with Crippen molar-refractivity contribution in [3.63, 3.8) is 0 Å². The van der Waals surface area contributed by atoms with E-state index in [2.05, 4.69) is 21.2 Å². The number of nitrogens with one attached hydrogen (secondary N) is 1. The van der Waals surface area contributed by atoms with E-state index in [1.165, 1.54) is 0 Å². The van der Waals surface area contributed by atoms with Gasteiger partial charge in [0.15, 0.2) is 0 Å². The van der Waals surface area contributed by atoms with Crippen LogP contribution in [-0.2, 0) is 6.42 Å². The second-order valence-corrected chi connectivity index (χ2v) is 6.24. The number of hydrogen-bond acceptors (Lipinski definition) is 2. The molecule has 108 valence electrons. The first-order chi connectivity index (χ1) is 10.1. The van der Waals surface area contributed by atoms with Crippen molar-refractivity contribution < 1.29 is 9.90 Å². The summed E-state index contributed by atoms with van der Waals surface area (Å²) in [6.45, 7) is 2.65. The fourth-order valence-electron chi connectivity index (χ4n) is 2.68. The molecule has 0 spiro atoms. The van der Waals surface area contributed by atoms with Gasteiger partial charge in [-0.05, 0) is 53.8 Å². The summed E-state index contributed by atoms with van der Waals surface area (Å²) < 4.78 is 0.929. The number of benzene rings is 2. The second kappa shape index (κ2) is 5.62. The molecule has 3 rings (SSSR count). The number of fused-ring (bicyclic) bond motifs is 1. The lowest BCUT2D eigenvalue weighted by atomic mass is 9.92. The topological polar surface area (TPSA) is 49.3 Å². The Balaban J connectivity index is 2.02. The van der Waals surface area contributed by atoms with Crippen LogP contribution in [-0.4, -0.2) is 17.6 Å². The summed E-state index contributed by atoms with van der Waals surface area (Å²) in [4.78, 5) is 11.9. The van der Waals surface area contributed by atoms with E-state index >= 15 is 0 Å². The van der Waals surface area contributed by atoms with Gasteiger partial charge < -0.3 is 10.4 Å². The van der Waals surface area contributed by atoms with Gasteiger partial charge in [-0.25, -0.2) is 0 Å². The van der Waals surface area contributed by atoms with Crippen molar-refractivity contribution in [2.24, 2.45) is 0 Å². The number of aliphatic hydroxyl groups is 1.